The highest BCUT2D eigenvalue weighted by Crippen LogP contribution is 1.98. The molecule has 0 amide bonds. The van der Waals surface area contributed by atoms with Gasteiger partial charge < -0.3 is 9.15 Å². The summed E-state index contributed by atoms with van der Waals surface area (Å²) in [5, 5.41) is 0. The van der Waals surface area contributed by atoms with Crippen LogP contribution in [0.1, 0.15) is 23.3 Å². The van der Waals surface area contributed by atoms with Gasteiger partial charge in [0.15, 0.2) is 19.4 Å². The van der Waals surface area contributed by atoms with E-state index in [2.05, 4.69) is 4.98 Å². The fourth-order valence-corrected chi connectivity index (χ4v) is 0.918. The Hall–Kier alpha value is -1.26. The summed E-state index contributed by atoms with van der Waals surface area (Å²) in [6.07, 6.45) is 0. The molecule has 0 aliphatic carbocycles. The number of rotatable bonds is 2. The lowest BCUT2D eigenvalue weighted by Gasteiger charge is -1.96. The topological polar surface area (TPSA) is 52.3 Å². The quantitative estimate of drug-likeness (QED) is 0.436. The van der Waals surface area contributed by atoms with Gasteiger partial charge in [-0.15, -0.1) is 0 Å². The summed E-state index contributed by atoms with van der Waals surface area (Å²) in [6.45, 7) is 3.79. The van der Waals surface area contributed by atoms with Crippen molar-refractivity contribution >= 4 is 19.5 Å². The Morgan fingerprint density at radius 1 is 1.75 bits per heavy atom. The highest BCUT2D eigenvalue weighted by atomic mass is 16.5. The van der Waals surface area contributed by atoms with E-state index in [4.69, 9.17) is 9.15 Å². The molecule has 0 bridgehead atoms. The molecule has 1 aromatic heterocycles. The van der Waals surface area contributed by atoms with Crippen LogP contribution >= 0.6 is 0 Å². The fraction of sp³-hybridized carbons (Fsp3) is 0.429. The molecule has 0 unspecified atom stereocenters. The Kier molecular flexibility index (Phi) is 2.52. The summed E-state index contributed by atoms with van der Waals surface area (Å²) >= 11 is 0. The summed E-state index contributed by atoms with van der Waals surface area (Å²) in [4.78, 5) is 15.0. The van der Waals surface area contributed by atoms with Crippen molar-refractivity contribution in [2.45, 2.75) is 13.8 Å². The maximum Gasteiger partial charge on any atom is 0.359 e. The van der Waals surface area contributed by atoms with Gasteiger partial charge in [-0.3, -0.25) is 0 Å². The van der Waals surface area contributed by atoms with E-state index in [1.807, 2.05) is 0 Å². The molecule has 0 fully saturated rings. The lowest BCUT2D eigenvalue weighted by molar-refractivity contribution is 0.0521. The molecule has 0 saturated carbocycles. The predicted molar refractivity (Wildman–Crippen MR) is 45.4 cm³/mol. The Balaban J connectivity index is 2.87. The van der Waals surface area contributed by atoms with Crippen LogP contribution in [0.2, 0.25) is 0 Å². The van der Waals surface area contributed by atoms with Gasteiger partial charge in [0.2, 0.25) is 0 Å². The fourth-order valence-electron chi connectivity index (χ4n) is 0.918. The molecule has 0 N–H and O–H groups in total. The average molecular weight is 167 g/mol. The normalized spacial score (nSPS) is 9.83. The van der Waals surface area contributed by atoms with E-state index in [1.165, 1.54) is 0 Å². The Labute approximate surface area is 71.3 Å². The largest absolute Gasteiger partial charge is 0.461 e. The molecule has 5 heteroatoms. The van der Waals surface area contributed by atoms with Crippen LogP contribution in [0.5, 0.6) is 0 Å². The smallest absolute Gasteiger partial charge is 0.359 e. The van der Waals surface area contributed by atoms with E-state index < -0.39 is 5.97 Å². The molecular weight excluding hydrogens is 157 g/mol. The number of ether oxygens (including phenoxy) is 1. The van der Waals surface area contributed by atoms with Crippen molar-refractivity contribution in [2.24, 2.45) is 0 Å². The molecule has 0 aromatic carbocycles. The second-order valence-corrected chi connectivity index (χ2v) is 2.36. The Morgan fingerprint density at radius 2 is 2.42 bits per heavy atom. The van der Waals surface area contributed by atoms with Crippen LogP contribution in [0.4, 0.5) is 0 Å². The molecule has 0 saturated heterocycles. The van der Waals surface area contributed by atoms with Crippen LogP contribution in [0.3, 0.4) is 0 Å². The molecule has 0 radical (unpaired) electrons. The average Bonchev–Trinajstić information content (AvgIpc) is 2.30. The number of carbonyl (C=O) groups is 1. The van der Waals surface area contributed by atoms with Gasteiger partial charge in [0.1, 0.15) is 0 Å². The van der Waals surface area contributed by atoms with Crippen LogP contribution in [-0.2, 0) is 4.74 Å². The zero-order valence-corrected chi connectivity index (χ0v) is 7.38. The van der Waals surface area contributed by atoms with E-state index in [0.29, 0.717) is 18.2 Å². The van der Waals surface area contributed by atoms with Gasteiger partial charge in [-0.05, 0) is 6.92 Å². The molecule has 1 aromatic rings. The SMILES string of the molecule is Bc1oc(C)nc1C(=O)OCC. The van der Waals surface area contributed by atoms with Crippen molar-refractivity contribution in [1.29, 1.82) is 0 Å². The number of aryl methyl sites for hydroxylation is 1. The van der Waals surface area contributed by atoms with Crippen molar-refractivity contribution in [3.05, 3.63) is 11.6 Å². The second kappa shape index (κ2) is 3.43. The van der Waals surface area contributed by atoms with E-state index in [0.717, 1.165) is 0 Å². The van der Waals surface area contributed by atoms with Crippen molar-refractivity contribution in [3.8, 4) is 0 Å². The van der Waals surface area contributed by atoms with Gasteiger partial charge in [-0.2, -0.15) is 0 Å². The molecule has 4 nitrogen and oxygen atoms in total. The van der Waals surface area contributed by atoms with Crippen molar-refractivity contribution in [3.63, 3.8) is 0 Å². The molecule has 0 aliphatic heterocycles. The first-order chi connectivity index (χ1) is 5.65. The lowest BCUT2D eigenvalue weighted by atomic mass is 10.0. The minimum Gasteiger partial charge on any atom is -0.461 e. The summed E-state index contributed by atoms with van der Waals surface area (Å²) in [6, 6.07) is 0. The maximum absolute atomic E-state index is 11.1. The van der Waals surface area contributed by atoms with E-state index in [1.54, 1.807) is 21.7 Å². The number of nitrogens with zero attached hydrogens (tertiary/aromatic N) is 1. The molecule has 0 spiro atoms. The number of carbonyl (C=O) groups excluding carboxylic acids is 1. The van der Waals surface area contributed by atoms with Crippen molar-refractivity contribution < 1.29 is 13.9 Å². The van der Waals surface area contributed by atoms with Crippen molar-refractivity contribution in [1.82, 2.24) is 4.98 Å². The standard InChI is InChI=1S/C7H10BNO3/c1-3-11-7(10)5-6(8)12-4(2)9-5/h3,8H2,1-2H3. The zero-order valence-electron chi connectivity index (χ0n) is 7.38. The minimum absolute atomic E-state index is 0.273. The molecule has 0 aliphatic rings. The number of hydrogen-bond donors (Lipinski definition) is 0. The first kappa shape index (κ1) is 8.84. The summed E-state index contributed by atoms with van der Waals surface area (Å²) < 4.78 is 9.83. The van der Waals surface area contributed by atoms with E-state index in [-0.39, 0.29) is 5.69 Å². The van der Waals surface area contributed by atoms with Gasteiger partial charge in [-0.1, -0.05) is 0 Å². The van der Waals surface area contributed by atoms with E-state index >= 15 is 0 Å². The molecule has 1 rings (SSSR count). The third-order valence-electron chi connectivity index (χ3n) is 1.37. The number of hydrogen-bond acceptors (Lipinski definition) is 4. The third-order valence-corrected chi connectivity index (χ3v) is 1.37. The van der Waals surface area contributed by atoms with Gasteiger partial charge in [-0.25, -0.2) is 9.78 Å². The second-order valence-electron chi connectivity index (χ2n) is 2.36. The van der Waals surface area contributed by atoms with Crippen LogP contribution < -0.4 is 5.66 Å². The van der Waals surface area contributed by atoms with Crippen molar-refractivity contribution in [2.75, 3.05) is 6.61 Å². The first-order valence-electron chi connectivity index (χ1n) is 3.76. The summed E-state index contributed by atoms with van der Waals surface area (Å²) in [5.74, 6) is 0.0578. The number of esters is 1. The zero-order chi connectivity index (χ0) is 9.14. The van der Waals surface area contributed by atoms with Crippen LogP contribution in [-0.4, -0.2) is 25.4 Å². The third kappa shape index (κ3) is 1.67. The molecule has 1 heterocycles. The maximum atomic E-state index is 11.1. The predicted octanol–water partition coefficient (Wildman–Crippen LogP) is -0.582. The highest BCUT2D eigenvalue weighted by molar-refractivity contribution is 6.33. The summed E-state index contributed by atoms with van der Waals surface area (Å²) in [5.41, 5.74) is 0.778. The number of aromatic nitrogens is 1. The Bertz CT molecular complexity index is 295. The van der Waals surface area contributed by atoms with Crippen LogP contribution in [0, 0.1) is 6.92 Å². The first-order valence-corrected chi connectivity index (χ1v) is 3.76. The van der Waals surface area contributed by atoms with Gasteiger partial charge in [0.25, 0.3) is 0 Å². The van der Waals surface area contributed by atoms with Crippen LogP contribution in [0.25, 0.3) is 0 Å². The summed E-state index contributed by atoms with van der Waals surface area (Å²) in [7, 11) is 1.69. The van der Waals surface area contributed by atoms with E-state index in [9.17, 15) is 4.79 Å². The van der Waals surface area contributed by atoms with Gasteiger partial charge >= 0.3 is 5.97 Å². The Morgan fingerprint density at radius 3 is 2.83 bits per heavy atom. The minimum atomic E-state index is -0.424. The highest BCUT2D eigenvalue weighted by Gasteiger charge is 2.15. The monoisotopic (exact) mass is 167 g/mol. The molecule has 64 valence electrons. The molecular formula is C7H10BNO3. The molecule has 12 heavy (non-hydrogen) atoms. The molecule has 0 atom stereocenters. The van der Waals surface area contributed by atoms with Gasteiger partial charge in [0, 0.05) is 6.92 Å². The van der Waals surface area contributed by atoms with Gasteiger partial charge in [0.05, 0.1) is 12.3 Å². The lowest BCUT2D eigenvalue weighted by Crippen LogP contribution is -2.15. The number of oxazole rings is 1. The van der Waals surface area contributed by atoms with Crippen LogP contribution in [0.15, 0.2) is 4.42 Å².